The maximum absolute atomic E-state index is 12.7. The van der Waals surface area contributed by atoms with Gasteiger partial charge in [-0.05, 0) is 25.3 Å². The summed E-state index contributed by atoms with van der Waals surface area (Å²) in [5, 5.41) is 8.09. The number of para-hydroxylation sites is 1. The van der Waals surface area contributed by atoms with E-state index in [9.17, 15) is 4.79 Å². The average molecular weight is 381 g/mol. The SMILES string of the molecule is CSc1nnc(S[C@H](C)C(=O)N2CCN(c3ccccc3)CC2)s1. The van der Waals surface area contributed by atoms with Crippen molar-refractivity contribution in [1.29, 1.82) is 0 Å². The van der Waals surface area contributed by atoms with Crippen LogP contribution in [0.2, 0.25) is 0 Å². The largest absolute Gasteiger partial charge is 0.368 e. The second-order valence-electron chi connectivity index (χ2n) is 5.45. The third-order valence-electron chi connectivity index (χ3n) is 3.90. The van der Waals surface area contributed by atoms with Crippen molar-refractivity contribution < 1.29 is 4.79 Å². The van der Waals surface area contributed by atoms with Gasteiger partial charge in [-0.25, -0.2) is 0 Å². The molecule has 2 heterocycles. The topological polar surface area (TPSA) is 49.3 Å². The van der Waals surface area contributed by atoms with Gasteiger partial charge in [0.05, 0.1) is 5.25 Å². The van der Waals surface area contributed by atoms with E-state index >= 15 is 0 Å². The van der Waals surface area contributed by atoms with Crippen molar-refractivity contribution in [3.63, 3.8) is 0 Å². The number of rotatable bonds is 5. The van der Waals surface area contributed by atoms with E-state index < -0.39 is 0 Å². The van der Waals surface area contributed by atoms with Crippen LogP contribution in [0, 0.1) is 0 Å². The number of carbonyl (C=O) groups excluding carboxylic acids is 1. The summed E-state index contributed by atoms with van der Waals surface area (Å²) in [6.45, 7) is 5.25. The Bertz CT molecular complexity index is 671. The number of thioether (sulfide) groups is 2. The number of anilines is 1. The first-order chi connectivity index (χ1) is 11.7. The Morgan fingerprint density at radius 3 is 2.42 bits per heavy atom. The predicted molar refractivity (Wildman–Crippen MR) is 102 cm³/mol. The van der Waals surface area contributed by atoms with Crippen molar-refractivity contribution in [3.05, 3.63) is 30.3 Å². The number of nitrogens with zero attached hydrogens (tertiary/aromatic N) is 4. The smallest absolute Gasteiger partial charge is 0.235 e. The number of piperazine rings is 1. The Labute approximate surface area is 154 Å². The molecule has 0 radical (unpaired) electrons. The van der Waals surface area contributed by atoms with Crippen molar-refractivity contribution in [2.24, 2.45) is 0 Å². The van der Waals surface area contributed by atoms with Crippen LogP contribution in [-0.2, 0) is 4.79 Å². The summed E-state index contributed by atoms with van der Waals surface area (Å²) in [6.07, 6.45) is 1.98. The molecule has 8 heteroatoms. The number of carbonyl (C=O) groups is 1. The maximum atomic E-state index is 12.7. The van der Waals surface area contributed by atoms with Crippen molar-refractivity contribution >= 4 is 46.5 Å². The lowest BCUT2D eigenvalue weighted by Gasteiger charge is -2.37. The second-order valence-corrected chi connectivity index (χ2v) is 9.06. The Morgan fingerprint density at radius 2 is 1.79 bits per heavy atom. The lowest BCUT2D eigenvalue weighted by atomic mass is 10.2. The van der Waals surface area contributed by atoms with Crippen molar-refractivity contribution in [1.82, 2.24) is 15.1 Å². The van der Waals surface area contributed by atoms with Gasteiger partial charge in [0.2, 0.25) is 5.91 Å². The van der Waals surface area contributed by atoms with Gasteiger partial charge in [-0.3, -0.25) is 4.79 Å². The molecule has 0 N–H and O–H groups in total. The van der Waals surface area contributed by atoms with E-state index in [0.29, 0.717) is 0 Å². The molecule has 0 saturated carbocycles. The Hall–Kier alpha value is -1.25. The fourth-order valence-corrected chi connectivity index (χ4v) is 5.28. The normalized spacial score (nSPS) is 16.2. The molecule has 1 fully saturated rings. The van der Waals surface area contributed by atoms with Crippen LogP contribution in [0.15, 0.2) is 39.0 Å². The third-order valence-corrected chi connectivity index (χ3v) is 6.97. The highest BCUT2D eigenvalue weighted by molar-refractivity contribution is 8.03. The van der Waals surface area contributed by atoms with Crippen LogP contribution < -0.4 is 4.90 Å². The minimum atomic E-state index is -0.129. The second kappa shape index (κ2) is 8.22. The highest BCUT2D eigenvalue weighted by Gasteiger charge is 2.26. The van der Waals surface area contributed by atoms with Crippen LogP contribution in [-0.4, -0.2) is 58.7 Å². The molecule has 0 bridgehead atoms. The molecule has 5 nitrogen and oxygen atoms in total. The standard InChI is InChI=1S/C16H20N4OS3/c1-12(23-16-18-17-15(22-2)24-16)14(21)20-10-8-19(9-11-20)13-6-4-3-5-7-13/h3-7,12H,8-11H2,1-2H3/t12-/m1/s1. The highest BCUT2D eigenvalue weighted by atomic mass is 32.2. The van der Waals surface area contributed by atoms with Gasteiger partial charge in [0.25, 0.3) is 0 Å². The zero-order chi connectivity index (χ0) is 16.9. The summed E-state index contributed by atoms with van der Waals surface area (Å²) in [5.74, 6) is 0.189. The molecule has 1 aliphatic heterocycles. The summed E-state index contributed by atoms with van der Waals surface area (Å²) in [7, 11) is 0. The van der Waals surface area contributed by atoms with Gasteiger partial charge in [0.15, 0.2) is 8.68 Å². The average Bonchev–Trinajstić information content (AvgIpc) is 3.09. The minimum absolute atomic E-state index is 0.129. The third kappa shape index (κ3) is 4.23. The summed E-state index contributed by atoms with van der Waals surface area (Å²) in [5.41, 5.74) is 1.23. The van der Waals surface area contributed by atoms with Gasteiger partial charge >= 0.3 is 0 Å². The quantitative estimate of drug-likeness (QED) is 0.743. The predicted octanol–water partition coefficient (Wildman–Crippen LogP) is 3.09. The molecule has 0 unspecified atom stereocenters. The first-order valence-corrected chi connectivity index (χ1v) is 10.7. The number of aromatic nitrogens is 2. The summed E-state index contributed by atoms with van der Waals surface area (Å²) in [6, 6.07) is 10.4. The molecule has 1 aliphatic rings. The monoisotopic (exact) mass is 380 g/mol. The Balaban J connectivity index is 1.52. The van der Waals surface area contributed by atoms with Crippen LogP contribution >= 0.6 is 34.9 Å². The number of hydrogen-bond acceptors (Lipinski definition) is 7. The molecule has 0 spiro atoms. The lowest BCUT2D eigenvalue weighted by molar-refractivity contribution is -0.130. The first kappa shape index (κ1) is 17.6. The Morgan fingerprint density at radius 1 is 1.12 bits per heavy atom. The molecule has 128 valence electrons. The van der Waals surface area contributed by atoms with E-state index in [1.807, 2.05) is 24.1 Å². The fraction of sp³-hybridized carbons (Fsp3) is 0.438. The number of hydrogen-bond donors (Lipinski definition) is 0. The van der Waals surface area contributed by atoms with E-state index in [2.05, 4.69) is 39.4 Å². The minimum Gasteiger partial charge on any atom is -0.368 e. The van der Waals surface area contributed by atoms with Crippen LogP contribution in [0.4, 0.5) is 5.69 Å². The van der Waals surface area contributed by atoms with E-state index in [1.165, 1.54) is 17.4 Å². The summed E-state index contributed by atoms with van der Waals surface area (Å²) >= 11 is 4.64. The first-order valence-electron chi connectivity index (χ1n) is 7.80. The van der Waals surface area contributed by atoms with Crippen molar-refractivity contribution in [3.8, 4) is 0 Å². The van der Waals surface area contributed by atoms with Gasteiger partial charge < -0.3 is 9.80 Å². The van der Waals surface area contributed by atoms with Crippen LogP contribution in [0.3, 0.4) is 0 Å². The molecule has 1 saturated heterocycles. The molecule has 0 aliphatic carbocycles. The molecule has 1 atom stereocenters. The Kier molecular flexibility index (Phi) is 6.02. The molecular weight excluding hydrogens is 360 g/mol. The zero-order valence-electron chi connectivity index (χ0n) is 13.7. The summed E-state index contributed by atoms with van der Waals surface area (Å²) in [4.78, 5) is 17.0. The van der Waals surface area contributed by atoms with E-state index in [0.717, 1.165) is 34.9 Å². The van der Waals surface area contributed by atoms with Crippen LogP contribution in [0.25, 0.3) is 0 Å². The van der Waals surface area contributed by atoms with Crippen LogP contribution in [0.1, 0.15) is 6.92 Å². The molecular formula is C16H20N4OS3. The molecule has 2 aromatic rings. The number of amides is 1. The molecule has 1 amide bonds. The van der Waals surface area contributed by atoms with Gasteiger partial charge in [-0.1, -0.05) is 53.1 Å². The highest BCUT2D eigenvalue weighted by Crippen LogP contribution is 2.31. The molecule has 1 aromatic carbocycles. The maximum Gasteiger partial charge on any atom is 0.235 e. The van der Waals surface area contributed by atoms with Gasteiger partial charge in [0, 0.05) is 31.9 Å². The van der Waals surface area contributed by atoms with Crippen molar-refractivity contribution in [2.75, 3.05) is 37.3 Å². The zero-order valence-corrected chi connectivity index (χ0v) is 16.2. The van der Waals surface area contributed by atoms with E-state index in [4.69, 9.17) is 0 Å². The van der Waals surface area contributed by atoms with E-state index in [1.54, 1.807) is 23.1 Å². The van der Waals surface area contributed by atoms with E-state index in [-0.39, 0.29) is 11.2 Å². The fourth-order valence-electron chi connectivity index (χ4n) is 2.61. The van der Waals surface area contributed by atoms with Crippen LogP contribution in [0.5, 0.6) is 0 Å². The lowest BCUT2D eigenvalue weighted by Crippen LogP contribution is -2.50. The van der Waals surface area contributed by atoms with Gasteiger partial charge in [0.1, 0.15) is 0 Å². The molecule has 24 heavy (non-hydrogen) atoms. The molecule has 3 rings (SSSR count). The van der Waals surface area contributed by atoms with Crippen molar-refractivity contribution in [2.45, 2.75) is 20.9 Å². The van der Waals surface area contributed by atoms with Gasteiger partial charge in [-0.15, -0.1) is 10.2 Å². The van der Waals surface area contributed by atoms with Gasteiger partial charge in [-0.2, -0.15) is 0 Å². The molecule has 1 aromatic heterocycles. The number of benzene rings is 1. The summed E-state index contributed by atoms with van der Waals surface area (Å²) < 4.78 is 1.80.